The third-order valence-corrected chi connectivity index (χ3v) is 4.42. The number of morpholine rings is 1. The van der Waals surface area contributed by atoms with Gasteiger partial charge in [-0.25, -0.2) is 4.79 Å². The fourth-order valence-electron chi connectivity index (χ4n) is 3.11. The largest absolute Gasteiger partial charge is 0.378 e. The maximum atomic E-state index is 12.7. The Labute approximate surface area is 130 Å². The zero-order valence-corrected chi connectivity index (χ0v) is 13.0. The van der Waals surface area contributed by atoms with Crippen molar-refractivity contribution >= 4 is 11.8 Å². The smallest absolute Gasteiger partial charge is 0.320 e. The van der Waals surface area contributed by atoms with Gasteiger partial charge in [-0.15, -0.1) is 0 Å². The van der Waals surface area contributed by atoms with Crippen molar-refractivity contribution in [2.24, 2.45) is 0 Å². The highest BCUT2D eigenvalue weighted by Crippen LogP contribution is 2.23. The van der Waals surface area contributed by atoms with Gasteiger partial charge in [0.05, 0.1) is 19.3 Å². The second kappa shape index (κ2) is 6.48. The Morgan fingerprint density at radius 1 is 1.09 bits per heavy atom. The van der Waals surface area contributed by atoms with Crippen molar-refractivity contribution in [1.82, 2.24) is 9.80 Å². The van der Waals surface area contributed by atoms with Crippen LogP contribution in [0, 0.1) is 6.92 Å². The van der Waals surface area contributed by atoms with E-state index in [1.807, 2.05) is 31.2 Å². The fourth-order valence-corrected chi connectivity index (χ4v) is 3.11. The van der Waals surface area contributed by atoms with Gasteiger partial charge >= 0.3 is 6.03 Å². The molecular formula is C17H22N2O3. The van der Waals surface area contributed by atoms with Crippen molar-refractivity contribution < 1.29 is 14.3 Å². The number of urea groups is 1. The molecule has 0 spiro atoms. The number of ether oxygens (including phenoxy) is 1. The van der Waals surface area contributed by atoms with E-state index in [-0.39, 0.29) is 17.9 Å². The molecule has 0 aliphatic carbocycles. The van der Waals surface area contributed by atoms with E-state index in [2.05, 4.69) is 0 Å². The van der Waals surface area contributed by atoms with E-state index in [1.54, 1.807) is 9.80 Å². The number of amides is 2. The van der Waals surface area contributed by atoms with E-state index < -0.39 is 0 Å². The summed E-state index contributed by atoms with van der Waals surface area (Å²) >= 11 is 0. The number of carbonyl (C=O) groups is 2. The molecule has 0 aromatic heterocycles. The Morgan fingerprint density at radius 2 is 1.77 bits per heavy atom. The van der Waals surface area contributed by atoms with Crippen LogP contribution in [0.25, 0.3) is 0 Å². The predicted octanol–water partition coefficient (Wildman–Crippen LogP) is 2.09. The topological polar surface area (TPSA) is 49.9 Å². The van der Waals surface area contributed by atoms with E-state index in [4.69, 9.17) is 4.74 Å². The fraction of sp³-hybridized carbons (Fsp3) is 0.529. The van der Waals surface area contributed by atoms with Gasteiger partial charge in [0, 0.05) is 25.2 Å². The lowest BCUT2D eigenvalue weighted by atomic mass is 10.0. The molecule has 0 saturated carbocycles. The van der Waals surface area contributed by atoms with Gasteiger partial charge in [-0.3, -0.25) is 4.79 Å². The van der Waals surface area contributed by atoms with Crippen molar-refractivity contribution in [3.63, 3.8) is 0 Å². The highest BCUT2D eigenvalue weighted by molar-refractivity contribution is 6.02. The average Bonchev–Trinajstić information content (AvgIpc) is 3.04. The maximum Gasteiger partial charge on any atom is 0.320 e. The first-order valence-corrected chi connectivity index (χ1v) is 7.91. The molecule has 0 bridgehead atoms. The highest BCUT2D eigenvalue weighted by Gasteiger charge is 2.36. The molecule has 2 aliphatic rings. The Morgan fingerprint density at radius 3 is 2.45 bits per heavy atom. The second-order valence-corrected chi connectivity index (χ2v) is 5.96. The molecule has 1 aromatic carbocycles. The van der Waals surface area contributed by atoms with Gasteiger partial charge < -0.3 is 14.5 Å². The molecule has 0 N–H and O–H groups in total. The van der Waals surface area contributed by atoms with E-state index in [1.165, 1.54) is 0 Å². The van der Waals surface area contributed by atoms with Gasteiger partial charge in [0.25, 0.3) is 0 Å². The molecule has 2 amide bonds. The Kier molecular flexibility index (Phi) is 4.43. The van der Waals surface area contributed by atoms with Crippen LogP contribution < -0.4 is 0 Å². The van der Waals surface area contributed by atoms with Gasteiger partial charge in [-0.2, -0.15) is 0 Å². The summed E-state index contributed by atoms with van der Waals surface area (Å²) in [6, 6.07) is 7.25. The summed E-state index contributed by atoms with van der Waals surface area (Å²) in [5.41, 5.74) is 1.82. The standard InChI is InChI=1S/C17H22N2O3/c1-13-4-6-14(7-5-13)16(20)15-3-2-8-19(15)17(21)18-9-11-22-12-10-18/h4-7,15H,2-3,8-12H2,1H3. The molecule has 1 aromatic rings. The van der Waals surface area contributed by atoms with E-state index in [0.717, 1.165) is 18.4 Å². The third kappa shape index (κ3) is 2.99. The lowest BCUT2D eigenvalue weighted by Crippen LogP contribution is -2.51. The molecule has 1 unspecified atom stereocenters. The van der Waals surface area contributed by atoms with Crippen molar-refractivity contribution in [2.45, 2.75) is 25.8 Å². The number of ketones is 1. The van der Waals surface area contributed by atoms with Crippen LogP contribution in [0.3, 0.4) is 0 Å². The first kappa shape index (κ1) is 15.0. The summed E-state index contributed by atoms with van der Waals surface area (Å²) in [6.45, 7) is 5.05. The minimum absolute atomic E-state index is 0.0220. The number of likely N-dealkylation sites (tertiary alicyclic amines) is 1. The van der Waals surface area contributed by atoms with Crippen LogP contribution >= 0.6 is 0 Å². The Bertz CT molecular complexity index is 550. The highest BCUT2D eigenvalue weighted by atomic mass is 16.5. The number of Topliss-reactive ketones (excluding diaryl/α,β-unsaturated/α-hetero) is 1. The lowest BCUT2D eigenvalue weighted by Gasteiger charge is -2.33. The Hall–Kier alpha value is -1.88. The molecule has 2 heterocycles. The zero-order chi connectivity index (χ0) is 15.5. The van der Waals surface area contributed by atoms with Crippen LogP contribution in [-0.2, 0) is 4.74 Å². The second-order valence-electron chi connectivity index (χ2n) is 5.96. The van der Waals surface area contributed by atoms with Crippen LogP contribution in [0.4, 0.5) is 4.79 Å². The summed E-state index contributed by atoms with van der Waals surface area (Å²) in [5, 5.41) is 0. The van der Waals surface area contributed by atoms with Crippen LogP contribution in [0.15, 0.2) is 24.3 Å². The van der Waals surface area contributed by atoms with E-state index >= 15 is 0 Å². The molecule has 3 rings (SSSR count). The van der Waals surface area contributed by atoms with Gasteiger partial charge in [-0.1, -0.05) is 29.8 Å². The Balaban J connectivity index is 1.73. The third-order valence-electron chi connectivity index (χ3n) is 4.42. The lowest BCUT2D eigenvalue weighted by molar-refractivity contribution is 0.0415. The van der Waals surface area contributed by atoms with E-state index in [9.17, 15) is 9.59 Å². The molecular weight excluding hydrogens is 280 g/mol. The maximum absolute atomic E-state index is 12.7. The summed E-state index contributed by atoms with van der Waals surface area (Å²) in [7, 11) is 0. The SMILES string of the molecule is Cc1ccc(C(=O)C2CCCN2C(=O)N2CCOCC2)cc1. The molecule has 2 aliphatic heterocycles. The summed E-state index contributed by atoms with van der Waals surface area (Å²) in [4.78, 5) is 28.9. The van der Waals surface area contributed by atoms with Crippen LogP contribution in [-0.4, -0.2) is 60.5 Å². The zero-order valence-electron chi connectivity index (χ0n) is 13.0. The van der Waals surface area contributed by atoms with Crippen molar-refractivity contribution in [3.8, 4) is 0 Å². The number of nitrogens with zero attached hydrogens (tertiary/aromatic N) is 2. The minimum atomic E-state index is -0.321. The first-order valence-electron chi connectivity index (χ1n) is 7.91. The van der Waals surface area contributed by atoms with Gasteiger partial charge in [-0.05, 0) is 19.8 Å². The molecule has 5 nitrogen and oxygen atoms in total. The normalized spacial score (nSPS) is 22.0. The summed E-state index contributed by atoms with van der Waals surface area (Å²) in [5.74, 6) is 0.0547. The molecule has 1 atom stereocenters. The molecule has 2 saturated heterocycles. The average molecular weight is 302 g/mol. The molecule has 22 heavy (non-hydrogen) atoms. The number of hydrogen-bond donors (Lipinski definition) is 0. The van der Waals surface area contributed by atoms with Crippen molar-refractivity contribution in [3.05, 3.63) is 35.4 Å². The van der Waals surface area contributed by atoms with Crippen molar-refractivity contribution in [1.29, 1.82) is 0 Å². The number of rotatable bonds is 2. The number of benzene rings is 1. The predicted molar refractivity (Wildman–Crippen MR) is 83.0 cm³/mol. The quantitative estimate of drug-likeness (QED) is 0.786. The van der Waals surface area contributed by atoms with Crippen molar-refractivity contribution in [2.75, 3.05) is 32.8 Å². The number of carbonyl (C=O) groups excluding carboxylic acids is 2. The molecule has 0 radical (unpaired) electrons. The van der Waals surface area contributed by atoms with E-state index in [0.29, 0.717) is 38.4 Å². The van der Waals surface area contributed by atoms with Crippen LogP contribution in [0.5, 0.6) is 0 Å². The summed E-state index contributed by atoms with van der Waals surface area (Å²) < 4.78 is 5.29. The van der Waals surface area contributed by atoms with Crippen LogP contribution in [0.1, 0.15) is 28.8 Å². The molecule has 2 fully saturated rings. The van der Waals surface area contributed by atoms with Gasteiger partial charge in [0.1, 0.15) is 0 Å². The monoisotopic (exact) mass is 302 g/mol. The van der Waals surface area contributed by atoms with Gasteiger partial charge in [0.15, 0.2) is 5.78 Å². The van der Waals surface area contributed by atoms with Gasteiger partial charge in [0.2, 0.25) is 0 Å². The number of aryl methyl sites for hydroxylation is 1. The first-order chi connectivity index (χ1) is 10.7. The summed E-state index contributed by atoms with van der Waals surface area (Å²) in [6.07, 6.45) is 1.64. The molecule has 5 heteroatoms. The number of hydrogen-bond acceptors (Lipinski definition) is 3. The molecule has 118 valence electrons. The van der Waals surface area contributed by atoms with Crippen LogP contribution in [0.2, 0.25) is 0 Å². The minimum Gasteiger partial charge on any atom is -0.378 e.